The van der Waals surface area contributed by atoms with Crippen molar-refractivity contribution in [3.63, 3.8) is 0 Å². The summed E-state index contributed by atoms with van der Waals surface area (Å²) < 4.78 is 40.7. The fourth-order valence-corrected chi connectivity index (χ4v) is 5.19. The van der Waals surface area contributed by atoms with Crippen LogP contribution in [0, 0.1) is 11.6 Å². The molecule has 0 radical (unpaired) electrons. The van der Waals surface area contributed by atoms with E-state index < -0.39 is 11.9 Å². The van der Waals surface area contributed by atoms with Crippen LogP contribution in [0.15, 0.2) is 24.4 Å². The van der Waals surface area contributed by atoms with Gasteiger partial charge in [0.1, 0.15) is 23.6 Å². The molecule has 1 N–H and O–H groups in total. The zero-order chi connectivity index (χ0) is 21.8. The van der Waals surface area contributed by atoms with Crippen molar-refractivity contribution in [3.8, 4) is 0 Å². The van der Waals surface area contributed by atoms with Crippen molar-refractivity contribution in [3.05, 3.63) is 41.6 Å². The topological polar surface area (TPSA) is 66.9 Å². The van der Waals surface area contributed by atoms with Gasteiger partial charge in [-0.25, -0.2) is 13.8 Å². The number of amides is 1. The normalized spacial score (nSPS) is 26.4. The average Bonchev–Trinajstić information content (AvgIpc) is 3.40. The van der Waals surface area contributed by atoms with Crippen LogP contribution in [0.3, 0.4) is 0 Å². The largest absolute Gasteiger partial charge is 0.374 e. The molecule has 0 spiro atoms. The highest BCUT2D eigenvalue weighted by Gasteiger charge is 2.41. The summed E-state index contributed by atoms with van der Waals surface area (Å²) in [5, 5.41) is 3.11. The summed E-state index contributed by atoms with van der Waals surface area (Å²) in [5.74, 6) is -0.657. The van der Waals surface area contributed by atoms with E-state index in [0.29, 0.717) is 54.6 Å². The number of benzene rings is 1. The second kappa shape index (κ2) is 7.67. The molecule has 3 unspecified atom stereocenters. The third-order valence-electron chi connectivity index (χ3n) is 6.80. The van der Waals surface area contributed by atoms with E-state index in [2.05, 4.69) is 10.3 Å². The molecule has 2 bridgehead atoms. The van der Waals surface area contributed by atoms with E-state index in [1.54, 1.807) is 11.0 Å². The number of carbonyl (C=O) groups is 1. The molecular weight excluding hydrogens is 418 g/mol. The molecule has 3 saturated heterocycles. The molecule has 5 heterocycles. The molecule has 1 aromatic carbocycles. The molecular formula is C23H24F2N4O3. The highest BCUT2D eigenvalue weighted by Crippen LogP contribution is 2.42. The number of aromatic nitrogens is 1. The SMILES string of the molecule is O=C(C1CCCCO1)N1Cc2cc(F)cnc2Nc2cc(F)c(N3CC4CC3CO4)cc21. The summed E-state index contributed by atoms with van der Waals surface area (Å²) in [7, 11) is 0. The average molecular weight is 442 g/mol. The molecule has 4 aliphatic rings. The first-order valence-electron chi connectivity index (χ1n) is 11.1. The van der Waals surface area contributed by atoms with Gasteiger partial charge in [-0.3, -0.25) is 4.79 Å². The Balaban J connectivity index is 1.44. The van der Waals surface area contributed by atoms with Gasteiger partial charge >= 0.3 is 0 Å². The molecule has 4 aliphatic heterocycles. The Bertz CT molecular complexity index is 1080. The molecule has 1 aromatic heterocycles. The van der Waals surface area contributed by atoms with Gasteiger partial charge < -0.3 is 24.6 Å². The molecule has 1 amide bonds. The van der Waals surface area contributed by atoms with Crippen LogP contribution in [0.25, 0.3) is 0 Å². The Kier molecular flexibility index (Phi) is 4.76. The lowest BCUT2D eigenvalue weighted by Crippen LogP contribution is -2.42. The number of anilines is 4. The molecule has 0 saturated carbocycles. The second-order valence-corrected chi connectivity index (χ2v) is 8.88. The van der Waals surface area contributed by atoms with E-state index >= 15 is 4.39 Å². The second-order valence-electron chi connectivity index (χ2n) is 8.88. The van der Waals surface area contributed by atoms with Crippen LogP contribution >= 0.6 is 0 Å². The Morgan fingerprint density at radius 2 is 2.06 bits per heavy atom. The Labute approximate surface area is 184 Å². The van der Waals surface area contributed by atoms with E-state index in [1.165, 1.54) is 12.1 Å². The number of hydrogen-bond acceptors (Lipinski definition) is 6. The Morgan fingerprint density at radius 3 is 2.81 bits per heavy atom. The summed E-state index contributed by atoms with van der Waals surface area (Å²) in [6, 6.07) is 4.61. The Hall–Kier alpha value is -2.78. The van der Waals surface area contributed by atoms with Crippen molar-refractivity contribution < 1.29 is 23.0 Å². The van der Waals surface area contributed by atoms with Crippen LogP contribution in [0.1, 0.15) is 31.2 Å². The fourth-order valence-electron chi connectivity index (χ4n) is 5.19. The van der Waals surface area contributed by atoms with Crippen LogP contribution in [0.5, 0.6) is 0 Å². The van der Waals surface area contributed by atoms with Gasteiger partial charge in [-0.2, -0.15) is 0 Å². The predicted molar refractivity (Wildman–Crippen MR) is 114 cm³/mol. The number of pyridine rings is 1. The van der Waals surface area contributed by atoms with Gasteiger partial charge in [0.2, 0.25) is 0 Å². The van der Waals surface area contributed by atoms with Gasteiger partial charge in [0.15, 0.2) is 0 Å². The van der Waals surface area contributed by atoms with Gasteiger partial charge in [-0.15, -0.1) is 0 Å². The molecule has 0 aliphatic carbocycles. The fraction of sp³-hybridized carbons (Fsp3) is 0.478. The maximum atomic E-state index is 15.3. The predicted octanol–water partition coefficient (Wildman–Crippen LogP) is 3.50. The lowest BCUT2D eigenvalue weighted by Gasteiger charge is -2.32. The van der Waals surface area contributed by atoms with Crippen molar-refractivity contribution in [1.29, 1.82) is 0 Å². The number of morpholine rings is 1. The van der Waals surface area contributed by atoms with Gasteiger partial charge in [-0.05, 0) is 37.8 Å². The molecule has 3 atom stereocenters. The van der Waals surface area contributed by atoms with Crippen LogP contribution in [0.2, 0.25) is 0 Å². The summed E-state index contributed by atoms with van der Waals surface area (Å²) in [6.45, 7) is 1.86. The summed E-state index contributed by atoms with van der Waals surface area (Å²) >= 11 is 0. The van der Waals surface area contributed by atoms with Crippen LogP contribution < -0.4 is 15.1 Å². The van der Waals surface area contributed by atoms with Crippen LogP contribution in [-0.2, 0) is 20.8 Å². The summed E-state index contributed by atoms with van der Waals surface area (Å²) in [4.78, 5) is 21.3. The van der Waals surface area contributed by atoms with Gasteiger partial charge in [-0.1, -0.05) is 0 Å². The van der Waals surface area contributed by atoms with Crippen molar-refractivity contribution in [2.45, 2.75) is 50.5 Å². The number of nitrogens with zero attached hydrogens (tertiary/aromatic N) is 3. The molecule has 7 nitrogen and oxygen atoms in total. The maximum absolute atomic E-state index is 15.3. The quantitative estimate of drug-likeness (QED) is 0.768. The molecule has 2 aromatic rings. The first kappa shape index (κ1) is 19.9. The van der Waals surface area contributed by atoms with Crippen molar-refractivity contribution in [2.75, 3.05) is 34.9 Å². The Morgan fingerprint density at radius 1 is 1.16 bits per heavy atom. The number of carbonyl (C=O) groups excluding carboxylic acids is 1. The minimum absolute atomic E-state index is 0.112. The molecule has 32 heavy (non-hydrogen) atoms. The lowest BCUT2D eigenvalue weighted by molar-refractivity contribution is -0.132. The zero-order valence-corrected chi connectivity index (χ0v) is 17.5. The number of fused-ring (bicyclic) bond motifs is 4. The van der Waals surface area contributed by atoms with E-state index in [9.17, 15) is 9.18 Å². The number of hydrogen-bond donors (Lipinski definition) is 1. The first-order chi connectivity index (χ1) is 15.6. The minimum Gasteiger partial charge on any atom is -0.374 e. The third-order valence-corrected chi connectivity index (χ3v) is 6.80. The highest BCUT2D eigenvalue weighted by molar-refractivity contribution is 6.01. The highest BCUT2D eigenvalue weighted by atomic mass is 19.1. The summed E-state index contributed by atoms with van der Waals surface area (Å²) in [5.41, 5.74) is 1.95. The molecule has 9 heteroatoms. The number of nitrogens with one attached hydrogen (secondary N) is 1. The van der Waals surface area contributed by atoms with Crippen LogP contribution in [0.4, 0.5) is 31.7 Å². The van der Waals surface area contributed by atoms with Crippen molar-refractivity contribution in [2.24, 2.45) is 0 Å². The first-order valence-corrected chi connectivity index (χ1v) is 11.1. The van der Waals surface area contributed by atoms with Crippen LogP contribution in [-0.4, -0.2) is 48.9 Å². The lowest BCUT2D eigenvalue weighted by atomic mass is 10.1. The zero-order valence-electron chi connectivity index (χ0n) is 17.5. The van der Waals surface area contributed by atoms with E-state index in [1.807, 2.05) is 4.90 Å². The van der Waals surface area contributed by atoms with E-state index in [-0.39, 0.29) is 30.4 Å². The number of ether oxygens (including phenoxy) is 2. The number of halogens is 2. The maximum Gasteiger partial charge on any atom is 0.256 e. The van der Waals surface area contributed by atoms with Gasteiger partial charge in [0.25, 0.3) is 5.91 Å². The number of rotatable bonds is 2. The molecule has 3 fully saturated rings. The van der Waals surface area contributed by atoms with Gasteiger partial charge in [0, 0.05) is 24.8 Å². The molecule has 6 rings (SSSR count). The van der Waals surface area contributed by atoms with Gasteiger partial charge in [0.05, 0.1) is 48.6 Å². The summed E-state index contributed by atoms with van der Waals surface area (Å²) in [6.07, 6.45) is 4.00. The van der Waals surface area contributed by atoms with E-state index in [4.69, 9.17) is 9.47 Å². The standard InChI is InChI=1S/C23H24F2N4O3/c24-14-5-13-10-29(23(30)21-3-1-2-4-31-21)20-8-19(28-11-16-6-15(28)12-32-16)17(25)7-18(20)27-22(13)26-9-14/h5,7-9,15-16,21H,1-4,6,10-12H2,(H,26,27). The molecule has 168 valence electrons. The van der Waals surface area contributed by atoms with Crippen molar-refractivity contribution >= 4 is 28.8 Å². The van der Waals surface area contributed by atoms with E-state index in [0.717, 1.165) is 25.5 Å². The monoisotopic (exact) mass is 442 g/mol. The minimum atomic E-state index is -0.565. The smallest absolute Gasteiger partial charge is 0.256 e. The van der Waals surface area contributed by atoms with Crippen molar-refractivity contribution in [1.82, 2.24) is 4.98 Å². The third kappa shape index (κ3) is 3.31.